The van der Waals surface area contributed by atoms with Gasteiger partial charge in [0.25, 0.3) is 6.08 Å². The van der Waals surface area contributed by atoms with Crippen LogP contribution in [-0.2, 0) is 6.42 Å². The van der Waals surface area contributed by atoms with Gasteiger partial charge in [0.2, 0.25) is 0 Å². The zero-order chi connectivity index (χ0) is 12.0. The molecule has 1 aromatic carbocycles. The molecule has 0 saturated heterocycles. The van der Waals surface area contributed by atoms with Gasteiger partial charge >= 0.3 is 0 Å². The van der Waals surface area contributed by atoms with E-state index in [4.69, 9.17) is 5.53 Å². The number of allylic oxidation sites excluding steroid dienone is 1. The summed E-state index contributed by atoms with van der Waals surface area (Å²) in [6, 6.07) is 6.90. The quantitative estimate of drug-likeness (QED) is 0.422. The summed E-state index contributed by atoms with van der Waals surface area (Å²) in [7, 11) is 0. The van der Waals surface area contributed by atoms with Crippen molar-refractivity contribution in [1.29, 1.82) is 0 Å². The summed E-state index contributed by atoms with van der Waals surface area (Å²) in [5.41, 5.74) is 9.55. The van der Waals surface area contributed by atoms with Crippen LogP contribution in [0, 0.1) is 0 Å². The second-order valence-electron chi connectivity index (χ2n) is 2.98. The van der Waals surface area contributed by atoms with Crippen LogP contribution in [0.1, 0.15) is 12.0 Å². The lowest BCUT2D eigenvalue weighted by Crippen LogP contribution is -1.86. The number of aryl methyl sites for hydroxylation is 1. The SMILES string of the molecule is [N-]=[N+]=Nc1ccccc1CCC(Br)=C(F)F. The molecule has 0 amide bonds. The van der Waals surface area contributed by atoms with Gasteiger partial charge in [-0.3, -0.25) is 0 Å². The molecule has 0 bridgehead atoms. The highest BCUT2D eigenvalue weighted by atomic mass is 79.9. The molecule has 0 spiro atoms. The summed E-state index contributed by atoms with van der Waals surface area (Å²) in [6.07, 6.45) is -1.14. The van der Waals surface area contributed by atoms with Gasteiger partial charge in [-0.15, -0.1) is 0 Å². The van der Waals surface area contributed by atoms with Crippen LogP contribution in [0.15, 0.2) is 39.9 Å². The molecule has 6 heteroatoms. The number of rotatable bonds is 4. The Kier molecular flexibility index (Phi) is 4.95. The molecule has 84 valence electrons. The minimum atomic E-state index is -1.72. The standard InChI is InChI=1S/C10H8BrF2N3/c11-8(10(12)13)6-5-7-3-1-2-4-9(7)15-16-14/h1-4H,5-6H2. The number of hydrogen-bond acceptors (Lipinski definition) is 1. The third kappa shape index (κ3) is 3.64. The van der Waals surface area contributed by atoms with Gasteiger partial charge in [-0.25, -0.2) is 0 Å². The van der Waals surface area contributed by atoms with Gasteiger partial charge < -0.3 is 0 Å². The molecule has 1 rings (SSSR count). The number of benzene rings is 1. The van der Waals surface area contributed by atoms with Gasteiger partial charge in [-0.2, -0.15) is 8.78 Å². The monoisotopic (exact) mass is 287 g/mol. The van der Waals surface area contributed by atoms with E-state index < -0.39 is 6.08 Å². The molecule has 0 aliphatic carbocycles. The third-order valence-corrected chi connectivity index (χ3v) is 2.66. The van der Waals surface area contributed by atoms with Crippen LogP contribution in [0.5, 0.6) is 0 Å². The summed E-state index contributed by atoms with van der Waals surface area (Å²) in [5.74, 6) is 0. The molecule has 0 saturated carbocycles. The molecular formula is C10H8BrF2N3. The molecule has 0 heterocycles. The average molecular weight is 288 g/mol. The van der Waals surface area contributed by atoms with Crippen LogP contribution >= 0.6 is 15.9 Å². The Hall–Kier alpha value is -1.39. The Balaban J connectivity index is 2.81. The maximum atomic E-state index is 12.1. The molecule has 16 heavy (non-hydrogen) atoms. The average Bonchev–Trinajstić information content (AvgIpc) is 2.27. The van der Waals surface area contributed by atoms with Crippen LogP contribution in [0.2, 0.25) is 0 Å². The first kappa shape index (κ1) is 12.7. The largest absolute Gasteiger partial charge is 0.280 e. The fraction of sp³-hybridized carbons (Fsp3) is 0.200. The van der Waals surface area contributed by atoms with Gasteiger partial charge in [0.1, 0.15) is 0 Å². The first-order valence-corrected chi connectivity index (χ1v) is 5.27. The summed E-state index contributed by atoms with van der Waals surface area (Å²) in [6.45, 7) is 0. The Morgan fingerprint density at radius 1 is 1.38 bits per heavy atom. The van der Waals surface area contributed by atoms with Crippen molar-refractivity contribution in [3.8, 4) is 0 Å². The highest BCUT2D eigenvalue weighted by Gasteiger charge is 2.05. The molecule has 0 N–H and O–H groups in total. The Bertz CT molecular complexity index is 449. The molecule has 0 atom stereocenters. The number of nitrogens with zero attached hydrogens (tertiary/aromatic N) is 3. The fourth-order valence-corrected chi connectivity index (χ4v) is 1.41. The normalized spacial score (nSPS) is 9.44. The summed E-state index contributed by atoms with van der Waals surface area (Å²) < 4.78 is 24.1. The van der Waals surface area contributed by atoms with Crippen LogP contribution in [0.4, 0.5) is 14.5 Å². The Morgan fingerprint density at radius 2 is 2.06 bits per heavy atom. The van der Waals surface area contributed by atoms with Crippen LogP contribution in [0.3, 0.4) is 0 Å². The van der Waals surface area contributed by atoms with Crippen LogP contribution in [-0.4, -0.2) is 0 Å². The predicted octanol–water partition coefficient (Wildman–Crippen LogP) is 5.06. The molecule has 0 aromatic heterocycles. The van der Waals surface area contributed by atoms with Crippen molar-refractivity contribution in [1.82, 2.24) is 0 Å². The summed E-state index contributed by atoms with van der Waals surface area (Å²) >= 11 is 2.79. The zero-order valence-corrected chi connectivity index (χ0v) is 9.79. The topological polar surface area (TPSA) is 48.8 Å². The molecule has 0 aliphatic rings. The maximum Gasteiger partial charge on any atom is 0.280 e. The van der Waals surface area contributed by atoms with Crippen molar-refractivity contribution < 1.29 is 8.78 Å². The van der Waals surface area contributed by atoms with E-state index in [0.717, 1.165) is 5.56 Å². The van der Waals surface area contributed by atoms with E-state index in [1.165, 1.54) is 0 Å². The minimum absolute atomic E-state index is 0.122. The minimum Gasteiger partial charge on any atom is -0.172 e. The van der Waals surface area contributed by atoms with E-state index in [2.05, 4.69) is 26.0 Å². The van der Waals surface area contributed by atoms with Crippen molar-refractivity contribution in [3.05, 3.63) is 50.8 Å². The first-order valence-electron chi connectivity index (χ1n) is 4.48. The number of azide groups is 1. The van der Waals surface area contributed by atoms with Crippen molar-refractivity contribution in [3.63, 3.8) is 0 Å². The van der Waals surface area contributed by atoms with Gasteiger partial charge in [0.15, 0.2) is 0 Å². The van der Waals surface area contributed by atoms with Crippen LogP contribution in [0.25, 0.3) is 10.4 Å². The maximum absolute atomic E-state index is 12.1. The Morgan fingerprint density at radius 3 is 2.69 bits per heavy atom. The first-order chi connectivity index (χ1) is 7.65. The number of halogens is 3. The second kappa shape index (κ2) is 6.25. The van der Waals surface area contributed by atoms with Crippen LogP contribution < -0.4 is 0 Å². The Labute approximate surface area is 99.5 Å². The van der Waals surface area contributed by atoms with Gasteiger partial charge in [-0.1, -0.05) is 29.4 Å². The van der Waals surface area contributed by atoms with Crippen molar-refractivity contribution in [2.45, 2.75) is 12.8 Å². The van der Waals surface area contributed by atoms with E-state index in [-0.39, 0.29) is 10.9 Å². The van der Waals surface area contributed by atoms with E-state index in [9.17, 15) is 8.78 Å². The lowest BCUT2D eigenvalue weighted by molar-refractivity contribution is 0.415. The molecular weight excluding hydrogens is 280 g/mol. The lowest BCUT2D eigenvalue weighted by Gasteiger charge is -2.03. The molecule has 0 unspecified atom stereocenters. The molecule has 1 aromatic rings. The number of hydrogen-bond donors (Lipinski definition) is 0. The third-order valence-electron chi connectivity index (χ3n) is 1.96. The van der Waals surface area contributed by atoms with Gasteiger partial charge in [0.05, 0.1) is 4.48 Å². The van der Waals surface area contributed by atoms with E-state index >= 15 is 0 Å². The van der Waals surface area contributed by atoms with Crippen molar-refractivity contribution >= 4 is 21.6 Å². The summed E-state index contributed by atoms with van der Waals surface area (Å²) in [5, 5.41) is 3.49. The lowest BCUT2D eigenvalue weighted by atomic mass is 10.1. The van der Waals surface area contributed by atoms with Crippen molar-refractivity contribution in [2.24, 2.45) is 5.11 Å². The molecule has 0 aliphatic heterocycles. The fourth-order valence-electron chi connectivity index (χ4n) is 1.21. The highest BCUT2D eigenvalue weighted by molar-refractivity contribution is 9.11. The highest BCUT2D eigenvalue weighted by Crippen LogP contribution is 2.25. The molecule has 0 fully saturated rings. The predicted molar refractivity (Wildman–Crippen MR) is 61.7 cm³/mol. The van der Waals surface area contributed by atoms with E-state index in [0.29, 0.717) is 12.1 Å². The summed E-state index contributed by atoms with van der Waals surface area (Å²) in [4.78, 5) is 2.68. The van der Waals surface area contributed by atoms with E-state index in [1.807, 2.05) is 0 Å². The zero-order valence-electron chi connectivity index (χ0n) is 8.20. The smallest absolute Gasteiger partial charge is 0.172 e. The second-order valence-corrected chi connectivity index (χ2v) is 3.94. The molecule has 3 nitrogen and oxygen atoms in total. The van der Waals surface area contributed by atoms with Gasteiger partial charge in [-0.05, 0) is 39.9 Å². The van der Waals surface area contributed by atoms with E-state index in [1.54, 1.807) is 24.3 Å². The molecule has 0 radical (unpaired) electrons. The van der Waals surface area contributed by atoms with Gasteiger partial charge in [0, 0.05) is 10.6 Å². The van der Waals surface area contributed by atoms with Crippen molar-refractivity contribution in [2.75, 3.05) is 0 Å².